The summed E-state index contributed by atoms with van der Waals surface area (Å²) in [5, 5.41) is 10.5. The summed E-state index contributed by atoms with van der Waals surface area (Å²) < 4.78 is 36.1. The lowest BCUT2D eigenvalue weighted by Gasteiger charge is -2.33. The van der Waals surface area contributed by atoms with Crippen molar-refractivity contribution in [2.24, 2.45) is 0 Å². The molecule has 0 radical (unpaired) electrons. The number of halogens is 3. The van der Waals surface area contributed by atoms with Crippen LogP contribution >= 0.6 is 11.8 Å². The van der Waals surface area contributed by atoms with E-state index in [2.05, 4.69) is 0 Å². The predicted molar refractivity (Wildman–Crippen MR) is 51.1 cm³/mol. The highest BCUT2D eigenvalue weighted by Gasteiger charge is 2.48. The van der Waals surface area contributed by atoms with Gasteiger partial charge in [-0.25, -0.2) is 4.79 Å². The molecule has 1 amide bonds. The first-order chi connectivity index (χ1) is 7.28. The van der Waals surface area contributed by atoms with Gasteiger partial charge in [-0.2, -0.15) is 24.9 Å². The molecule has 0 aromatic carbocycles. The van der Waals surface area contributed by atoms with E-state index in [0.717, 1.165) is 0 Å². The van der Waals surface area contributed by atoms with E-state index < -0.39 is 23.6 Å². The van der Waals surface area contributed by atoms with Gasteiger partial charge in [0.15, 0.2) is 0 Å². The zero-order chi connectivity index (χ0) is 12.4. The summed E-state index contributed by atoms with van der Waals surface area (Å²) in [6, 6.07) is 0. The topological polar surface area (TPSA) is 66.4 Å². The van der Waals surface area contributed by atoms with Gasteiger partial charge in [0.1, 0.15) is 5.54 Å². The van der Waals surface area contributed by atoms with Gasteiger partial charge in [0, 0.05) is 5.75 Å². The minimum Gasteiger partial charge on any atom is -0.479 e. The monoisotopic (exact) mass is 257 g/mol. The molecule has 1 heterocycles. The Morgan fingerprint density at radius 1 is 1.38 bits per heavy atom. The quantitative estimate of drug-likeness (QED) is 0.775. The van der Waals surface area contributed by atoms with Crippen molar-refractivity contribution in [3.8, 4) is 0 Å². The molecule has 1 unspecified atom stereocenters. The molecule has 0 aromatic heterocycles. The Morgan fingerprint density at radius 3 is 2.38 bits per heavy atom. The number of amides is 1. The highest BCUT2D eigenvalue weighted by atomic mass is 32.2. The maximum absolute atomic E-state index is 12.0. The van der Waals surface area contributed by atoms with E-state index in [0.29, 0.717) is 12.2 Å². The van der Waals surface area contributed by atoms with Gasteiger partial charge in [0.05, 0.1) is 0 Å². The van der Waals surface area contributed by atoms with Gasteiger partial charge in [-0.1, -0.05) is 0 Å². The molecule has 0 spiro atoms. The molecule has 4 nitrogen and oxygen atoms in total. The van der Waals surface area contributed by atoms with Crippen LogP contribution < -0.4 is 5.32 Å². The number of carbonyl (C=O) groups excluding carboxylic acids is 1. The fourth-order valence-corrected chi connectivity index (χ4v) is 2.58. The average molecular weight is 257 g/mol. The summed E-state index contributed by atoms with van der Waals surface area (Å²) in [5.74, 6) is -2.96. The molecule has 16 heavy (non-hydrogen) atoms. The molecule has 1 aliphatic heterocycles. The van der Waals surface area contributed by atoms with Crippen molar-refractivity contribution in [2.45, 2.75) is 24.6 Å². The lowest BCUT2D eigenvalue weighted by Crippen LogP contribution is -2.60. The smallest absolute Gasteiger partial charge is 0.471 e. The lowest BCUT2D eigenvalue weighted by molar-refractivity contribution is -0.177. The highest BCUT2D eigenvalue weighted by Crippen LogP contribution is 2.28. The molecule has 0 saturated carbocycles. The molecular weight excluding hydrogens is 247 g/mol. The number of aliphatic carboxylic acids is 1. The number of carboxylic acid groups (broad SMARTS) is 1. The van der Waals surface area contributed by atoms with Crippen LogP contribution in [0.3, 0.4) is 0 Å². The van der Waals surface area contributed by atoms with E-state index >= 15 is 0 Å². The van der Waals surface area contributed by atoms with Gasteiger partial charge >= 0.3 is 18.1 Å². The van der Waals surface area contributed by atoms with Gasteiger partial charge in [-0.05, 0) is 18.6 Å². The molecule has 1 saturated heterocycles. The molecule has 1 fully saturated rings. The van der Waals surface area contributed by atoms with Crippen LogP contribution in [-0.2, 0) is 9.59 Å². The average Bonchev–Trinajstić information content (AvgIpc) is 2.17. The largest absolute Gasteiger partial charge is 0.479 e. The van der Waals surface area contributed by atoms with Crippen LogP contribution in [0.2, 0.25) is 0 Å². The molecular formula is C8H10F3NO3S. The van der Waals surface area contributed by atoms with E-state index in [9.17, 15) is 22.8 Å². The van der Waals surface area contributed by atoms with Gasteiger partial charge < -0.3 is 10.4 Å². The first-order valence-electron chi connectivity index (χ1n) is 4.48. The fourth-order valence-electron chi connectivity index (χ4n) is 1.40. The third kappa shape index (κ3) is 2.81. The van der Waals surface area contributed by atoms with E-state index in [1.54, 1.807) is 5.32 Å². The van der Waals surface area contributed by atoms with E-state index in [4.69, 9.17) is 5.11 Å². The number of thioether (sulfide) groups is 1. The molecule has 0 aliphatic carbocycles. The first kappa shape index (κ1) is 13.1. The standard InChI is InChI=1S/C8H10F3NO3S/c9-8(10,11)5(13)12-7(6(14)15)2-1-3-16-4-7/h1-4H2,(H,12,13)(H,14,15). The minimum absolute atomic E-state index is 0.0250. The van der Waals surface area contributed by atoms with Gasteiger partial charge in [0.2, 0.25) is 0 Å². The summed E-state index contributed by atoms with van der Waals surface area (Å²) in [6.07, 6.45) is -4.56. The van der Waals surface area contributed by atoms with Crippen molar-refractivity contribution in [2.75, 3.05) is 11.5 Å². The third-order valence-corrected chi connectivity index (χ3v) is 3.53. The Bertz CT molecular complexity index is 299. The van der Waals surface area contributed by atoms with Gasteiger partial charge in [0.25, 0.3) is 0 Å². The van der Waals surface area contributed by atoms with Crippen LogP contribution in [0, 0.1) is 0 Å². The number of alkyl halides is 3. The molecule has 0 aromatic rings. The highest BCUT2D eigenvalue weighted by molar-refractivity contribution is 7.99. The third-order valence-electron chi connectivity index (χ3n) is 2.26. The second-order valence-corrected chi connectivity index (χ2v) is 4.60. The van der Waals surface area contributed by atoms with Crippen LogP contribution in [-0.4, -0.2) is 40.2 Å². The van der Waals surface area contributed by atoms with Crippen molar-refractivity contribution < 1.29 is 27.9 Å². The molecule has 92 valence electrons. The molecule has 0 bridgehead atoms. The second kappa shape index (κ2) is 4.52. The van der Waals surface area contributed by atoms with Crippen molar-refractivity contribution in [1.29, 1.82) is 0 Å². The summed E-state index contributed by atoms with van der Waals surface area (Å²) >= 11 is 1.22. The molecule has 8 heteroatoms. The van der Waals surface area contributed by atoms with Crippen molar-refractivity contribution >= 4 is 23.6 Å². The van der Waals surface area contributed by atoms with Gasteiger partial charge in [-0.3, -0.25) is 4.79 Å². The van der Waals surface area contributed by atoms with Gasteiger partial charge in [-0.15, -0.1) is 0 Å². The van der Waals surface area contributed by atoms with Crippen LogP contribution in [0.5, 0.6) is 0 Å². The number of carboxylic acids is 1. The molecule has 1 aliphatic rings. The SMILES string of the molecule is O=C(NC1(C(=O)O)CCCSC1)C(F)(F)F. The van der Waals surface area contributed by atoms with E-state index in [1.165, 1.54) is 11.8 Å². The Morgan fingerprint density at radius 2 is 2.00 bits per heavy atom. The lowest BCUT2D eigenvalue weighted by atomic mass is 9.95. The fraction of sp³-hybridized carbons (Fsp3) is 0.750. The zero-order valence-electron chi connectivity index (χ0n) is 8.13. The molecule has 1 rings (SSSR count). The number of rotatable bonds is 2. The summed E-state index contributed by atoms with van der Waals surface area (Å²) in [7, 11) is 0. The van der Waals surface area contributed by atoms with Crippen molar-refractivity contribution in [3.63, 3.8) is 0 Å². The number of nitrogens with one attached hydrogen (secondary N) is 1. The Hall–Kier alpha value is -0.920. The summed E-state index contributed by atoms with van der Waals surface area (Å²) in [4.78, 5) is 21.7. The minimum atomic E-state index is -5.05. The van der Waals surface area contributed by atoms with Crippen LogP contribution in [0.1, 0.15) is 12.8 Å². The zero-order valence-corrected chi connectivity index (χ0v) is 8.95. The normalized spacial score (nSPS) is 26.2. The number of carbonyl (C=O) groups is 2. The number of hydrogen-bond acceptors (Lipinski definition) is 3. The van der Waals surface area contributed by atoms with E-state index in [-0.39, 0.29) is 12.2 Å². The summed E-state index contributed by atoms with van der Waals surface area (Å²) in [6.45, 7) is 0. The van der Waals surface area contributed by atoms with Crippen LogP contribution in [0.25, 0.3) is 0 Å². The second-order valence-electron chi connectivity index (χ2n) is 3.50. The Labute approximate surface area is 93.6 Å². The van der Waals surface area contributed by atoms with Crippen LogP contribution in [0.15, 0.2) is 0 Å². The maximum Gasteiger partial charge on any atom is 0.471 e. The maximum atomic E-state index is 12.0. The van der Waals surface area contributed by atoms with Crippen molar-refractivity contribution in [3.05, 3.63) is 0 Å². The number of hydrogen-bond donors (Lipinski definition) is 2. The van der Waals surface area contributed by atoms with Crippen LogP contribution in [0.4, 0.5) is 13.2 Å². The molecule has 1 atom stereocenters. The summed E-state index contributed by atoms with van der Waals surface area (Å²) in [5.41, 5.74) is -1.78. The Kier molecular flexibility index (Phi) is 3.72. The Balaban J connectivity index is 2.79. The first-order valence-corrected chi connectivity index (χ1v) is 5.64. The van der Waals surface area contributed by atoms with E-state index in [1.807, 2.05) is 0 Å². The molecule has 2 N–H and O–H groups in total. The predicted octanol–water partition coefficient (Wildman–Crippen LogP) is 1.02. The van der Waals surface area contributed by atoms with Crippen molar-refractivity contribution in [1.82, 2.24) is 5.32 Å².